The molecular weight excluding hydrogens is 494 g/mol. The van der Waals surface area contributed by atoms with Crippen LogP contribution in [-0.2, 0) is 20.2 Å². The summed E-state index contributed by atoms with van der Waals surface area (Å²) in [5.74, 6) is 0.835. The van der Waals surface area contributed by atoms with Crippen LogP contribution in [0.2, 0.25) is 0 Å². The largest absolute Gasteiger partial charge is 1.00 e. The predicted octanol–water partition coefficient (Wildman–Crippen LogP) is 0.913. The molecule has 0 atom stereocenters. The fourth-order valence-corrected chi connectivity index (χ4v) is 5.21. The molecule has 0 amide bonds. The van der Waals surface area contributed by atoms with Crippen LogP contribution < -0.4 is 59.1 Å². The first kappa shape index (κ1) is 42.9. The first-order valence-electron chi connectivity index (χ1n) is 13.0. The summed E-state index contributed by atoms with van der Waals surface area (Å²) in [6, 6.07) is 0. The van der Waals surface area contributed by atoms with Gasteiger partial charge in [-0.2, -0.15) is 0 Å². The topological polar surface area (TPSA) is 114 Å². The van der Waals surface area contributed by atoms with E-state index < -0.39 is 20.2 Å². The monoisotopic (exact) mass is 544 g/mol. The molecule has 0 aliphatic heterocycles. The summed E-state index contributed by atoms with van der Waals surface area (Å²) in [6.07, 6.45) is 25.2. The van der Waals surface area contributed by atoms with Crippen molar-refractivity contribution < 1.29 is 85.1 Å². The molecule has 0 aliphatic rings. The van der Waals surface area contributed by atoms with Crippen LogP contribution in [0.5, 0.6) is 0 Å². The standard InChI is InChI=1S/C24H50O2S.2Na.H2O4S/c1-3-5-7-9-11-13-15-17-19-21-23-27(25,26)24-22-20-18-16-14-12-10-8-6-4-2;;;1-5(2,3)4/h3-24H2,1-2H3;;;(H2,1,2,3,4)/q;2*+1;/p-2. The molecule has 0 aromatic rings. The summed E-state index contributed by atoms with van der Waals surface area (Å²) in [5.41, 5.74) is 0. The number of hydrogen-bond donors (Lipinski definition) is 0. The van der Waals surface area contributed by atoms with Crippen molar-refractivity contribution in [3.05, 3.63) is 0 Å². The van der Waals surface area contributed by atoms with E-state index in [1.165, 1.54) is 103 Å². The molecule has 0 heterocycles. The Labute approximate surface area is 256 Å². The van der Waals surface area contributed by atoms with Crippen LogP contribution in [0.25, 0.3) is 0 Å². The molecule has 0 rings (SSSR count). The van der Waals surface area contributed by atoms with Crippen molar-refractivity contribution >= 4 is 20.2 Å². The molecule has 34 heavy (non-hydrogen) atoms. The molecule has 0 aromatic heterocycles. The molecule has 10 heteroatoms. The molecule has 6 nitrogen and oxygen atoms in total. The van der Waals surface area contributed by atoms with Gasteiger partial charge in [0, 0.05) is 10.4 Å². The van der Waals surface area contributed by atoms with Crippen molar-refractivity contribution in [2.45, 2.75) is 142 Å². The molecule has 0 unspecified atom stereocenters. The summed E-state index contributed by atoms with van der Waals surface area (Å²) in [4.78, 5) is 0. The minimum Gasteiger partial charge on any atom is -0.759 e. The average Bonchev–Trinajstić information content (AvgIpc) is 2.69. The summed E-state index contributed by atoms with van der Waals surface area (Å²) in [6.45, 7) is 4.51. The third-order valence-corrected chi connectivity index (χ3v) is 7.44. The van der Waals surface area contributed by atoms with Gasteiger partial charge in [-0.05, 0) is 12.8 Å². The van der Waals surface area contributed by atoms with E-state index in [4.69, 9.17) is 17.5 Å². The zero-order valence-electron chi connectivity index (χ0n) is 22.8. The zero-order valence-corrected chi connectivity index (χ0v) is 28.5. The van der Waals surface area contributed by atoms with Gasteiger partial charge in [0.15, 0.2) is 0 Å². The molecule has 0 spiro atoms. The number of rotatable bonds is 22. The van der Waals surface area contributed by atoms with Gasteiger partial charge < -0.3 is 9.11 Å². The van der Waals surface area contributed by atoms with Gasteiger partial charge in [0.05, 0.1) is 11.5 Å². The van der Waals surface area contributed by atoms with E-state index in [-0.39, 0.29) is 59.1 Å². The van der Waals surface area contributed by atoms with E-state index in [2.05, 4.69) is 13.8 Å². The van der Waals surface area contributed by atoms with Gasteiger partial charge in [0.1, 0.15) is 9.84 Å². The normalized spacial score (nSPS) is 11.2. The van der Waals surface area contributed by atoms with Gasteiger partial charge >= 0.3 is 59.1 Å². The van der Waals surface area contributed by atoms with Crippen LogP contribution in [0.1, 0.15) is 142 Å². The van der Waals surface area contributed by atoms with Crippen molar-refractivity contribution in [1.29, 1.82) is 0 Å². The Balaban J connectivity index is -0.000000578. The van der Waals surface area contributed by atoms with E-state index in [1.54, 1.807) is 0 Å². The summed E-state index contributed by atoms with van der Waals surface area (Å²) in [5, 5.41) is 0. The molecular formula is C24H50Na2O6S2. The van der Waals surface area contributed by atoms with Crippen LogP contribution in [0.3, 0.4) is 0 Å². The molecule has 0 saturated carbocycles. The molecule has 0 fully saturated rings. The van der Waals surface area contributed by atoms with E-state index in [9.17, 15) is 8.42 Å². The molecule has 196 valence electrons. The SMILES string of the molecule is CCCCCCCCCCCCS(=O)(=O)CCCCCCCCCCCC.O=S(=O)([O-])[O-].[Na+].[Na+]. The molecule has 0 bridgehead atoms. The molecule has 0 aliphatic carbocycles. The van der Waals surface area contributed by atoms with Gasteiger partial charge in [0.2, 0.25) is 0 Å². The maximum absolute atomic E-state index is 12.1. The average molecular weight is 545 g/mol. The summed E-state index contributed by atoms with van der Waals surface area (Å²) < 4.78 is 58.3. The van der Waals surface area contributed by atoms with Crippen LogP contribution in [-0.4, -0.2) is 37.4 Å². The fourth-order valence-electron chi connectivity index (χ4n) is 3.72. The van der Waals surface area contributed by atoms with Gasteiger partial charge in [-0.15, -0.1) is 0 Å². The van der Waals surface area contributed by atoms with Crippen LogP contribution in [0, 0.1) is 0 Å². The Kier molecular flexibility index (Phi) is 39.2. The predicted molar refractivity (Wildman–Crippen MR) is 133 cm³/mol. The Morgan fingerprint density at radius 1 is 0.412 bits per heavy atom. The second-order valence-electron chi connectivity index (χ2n) is 8.92. The second kappa shape index (κ2) is 31.0. The van der Waals surface area contributed by atoms with Crippen molar-refractivity contribution in [2.24, 2.45) is 0 Å². The van der Waals surface area contributed by atoms with Crippen LogP contribution in [0.4, 0.5) is 0 Å². The molecule has 0 aromatic carbocycles. The Morgan fingerprint density at radius 2 is 0.588 bits per heavy atom. The Morgan fingerprint density at radius 3 is 0.794 bits per heavy atom. The van der Waals surface area contributed by atoms with Gasteiger partial charge in [-0.25, -0.2) is 8.42 Å². The minimum atomic E-state index is -5.17. The Bertz CT molecular complexity index is 546. The maximum atomic E-state index is 12.1. The molecule has 0 radical (unpaired) electrons. The quantitative estimate of drug-likeness (QED) is 0.0866. The molecule has 0 N–H and O–H groups in total. The first-order valence-corrected chi connectivity index (χ1v) is 16.1. The van der Waals surface area contributed by atoms with Gasteiger partial charge in [-0.1, -0.05) is 129 Å². The fraction of sp³-hybridized carbons (Fsp3) is 1.00. The van der Waals surface area contributed by atoms with Crippen molar-refractivity contribution in [2.75, 3.05) is 11.5 Å². The first-order chi connectivity index (χ1) is 15.1. The summed E-state index contributed by atoms with van der Waals surface area (Å²) >= 11 is 0. The van der Waals surface area contributed by atoms with Crippen LogP contribution in [0.15, 0.2) is 0 Å². The Hall–Kier alpha value is 1.82. The van der Waals surface area contributed by atoms with Crippen LogP contribution >= 0.6 is 0 Å². The number of unbranched alkanes of at least 4 members (excludes halogenated alkanes) is 18. The van der Waals surface area contributed by atoms with E-state index in [0.29, 0.717) is 11.5 Å². The molecule has 0 saturated heterocycles. The second-order valence-corrected chi connectivity index (χ2v) is 12.0. The van der Waals surface area contributed by atoms with Crippen molar-refractivity contribution in [1.82, 2.24) is 0 Å². The number of sulfone groups is 1. The number of hydrogen-bond acceptors (Lipinski definition) is 6. The van der Waals surface area contributed by atoms with E-state index in [0.717, 1.165) is 25.7 Å². The minimum absolute atomic E-state index is 0. The van der Waals surface area contributed by atoms with E-state index >= 15 is 0 Å². The van der Waals surface area contributed by atoms with E-state index in [1.807, 2.05) is 0 Å². The maximum Gasteiger partial charge on any atom is 1.00 e. The third kappa shape index (κ3) is 47.1. The van der Waals surface area contributed by atoms with Gasteiger partial charge in [-0.3, -0.25) is 8.42 Å². The van der Waals surface area contributed by atoms with Crippen molar-refractivity contribution in [3.63, 3.8) is 0 Å². The zero-order chi connectivity index (χ0) is 24.6. The van der Waals surface area contributed by atoms with Crippen molar-refractivity contribution in [3.8, 4) is 0 Å². The smallest absolute Gasteiger partial charge is 0.759 e. The van der Waals surface area contributed by atoms with Gasteiger partial charge in [0.25, 0.3) is 0 Å². The third-order valence-electron chi connectivity index (χ3n) is 5.62. The summed E-state index contributed by atoms with van der Waals surface area (Å²) in [7, 11) is -7.96.